The Hall–Kier alpha value is -1.94. The van der Waals surface area contributed by atoms with E-state index in [1.54, 1.807) is 13.8 Å². The van der Waals surface area contributed by atoms with Crippen molar-refractivity contribution in [2.45, 2.75) is 36.5 Å². The zero-order valence-electron chi connectivity index (χ0n) is 13.7. The van der Waals surface area contributed by atoms with Crippen molar-refractivity contribution in [1.29, 1.82) is 0 Å². The molecule has 1 fully saturated rings. The van der Waals surface area contributed by atoms with Gasteiger partial charge in [-0.05, 0) is 32.0 Å². The highest BCUT2D eigenvalue weighted by Crippen LogP contribution is 2.38. The first kappa shape index (κ1) is 19.4. The number of ketones is 1. The molecule has 1 saturated heterocycles. The number of alkyl halides is 3. The summed E-state index contributed by atoms with van der Waals surface area (Å²) in [5.41, 5.74) is -2.15. The Morgan fingerprint density at radius 2 is 1.96 bits per heavy atom. The summed E-state index contributed by atoms with van der Waals surface area (Å²) in [5, 5.41) is 2.96. The molecule has 0 spiro atoms. The maximum atomic E-state index is 13.3. The number of rotatable bonds is 4. The number of carbonyl (C=O) groups excluding carboxylic acids is 2. The first-order chi connectivity index (χ1) is 11.3. The molecule has 138 valence electrons. The molecule has 0 saturated carbocycles. The van der Waals surface area contributed by atoms with Gasteiger partial charge in [0.05, 0.1) is 17.1 Å². The molecule has 10 heteroatoms. The van der Waals surface area contributed by atoms with Crippen molar-refractivity contribution in [1.82, 2.24) is 5.32 Å². The number of hydrogen-bond acceptors (Lipinski definition) is 6. The number of carbonyl (C=O) groups is 2. The monoisotopic (exact) mass is 378 g/mol. The van der Waals surface area contributed by atoms with Crippen LogP contribution in [0.5, 0.6) is 0 Å². The van der Waals surface area contributed by atoms with E-state index < -0.39 is 43.8 Å². The third-order valence-electron chi connectivity index (χ3n) is 4.09. The van der Waals surface area contributed by atoms with E-state index >= 15 is 0 Å². The van der Waals surface area contributed by atoms with Crippen molar-refractivity contribution in [3.8, 4) is 0 Å². The Balaban J connectivity index is 2.61. The molecule has 0 radical (unpaired) electrons. The molecule has 1 unspecified atom stereocenters. The third-order valence-corrected chi connectivity index (χ3v) is 5.24. The van der Waals surface area contributed by atoms with Crippen LogP contribution in [0.1, 0.15) is 19.4 Å². The lowest BCUT2D eigenvalue weighted by molar-refractivity contribution is -0.139. The predicted octanol–water partition coefficient (Wildman–Crippen LogP) is 1.39. The second kappa shape index (κ2) is 6.10. The Morgan fingerprint density at radius 1 is 1.36 bits per heavy atom. The smallest absolute Gasteiger partial charge is 0.346 e. The fraction of sp³-hybridized carbons (Fsp3) is 0.467. The number of anilines is 1. The summed E-state index contributed by atoms with van der Waals surface area (Å²) in [6.45, 7) is 3.33. The van der Waals surface area contributed by atoms with Gasteiger partial charge in [0, 0.05) is 17.5 Å². The Kier molecular flexibility index (Phi) is 4.73. The Bertz CT molecular complexity index is 819. The van der Waals surface area contributed by atoms with Crippen molar-refractivity contribution < 1.29 is 31.2 Å². The van der Waals surface area contributed by atoms with Gasteiger partial charge in [0.2, 0.25) is 5.78 Å². The van der Waals surface area contributed by atoms with E-state index in [4.69, 9.17) is 0 Å². The highest BCUT2D eigenvalue weighted by Gasteiger charge is 2.45. The molecule has 1 heterocycles. The molecule has 1 aliphatic rings. The molecule has 1 atom stereocenters. The van der Waals surface area contributed by atoms with Gasteiger partial charge in [-0.3, -0.25) is 14.9 Å². The minimum absolute atomic E-state index is 0.00185. The predicted molar refractivity (Wildman–Crippen MR) is 84.0 cm³/mol. The van der Waals surface area contributed by atoms with Crippen LogP contribution in [-0.2, 0) is 25.6 Å². The summed E-state index contributed by atoms with van der Waals surface area (Å²) in [4.78, 5) is 23.3. The van der Waals surface area contributed by atoms with Crippen LogP contribution in [0, 0.1) is 0 Å². The van der Waals surface area contributed by atoms with Gasteiger partial charge in [-0.15, -0.1) is 0 Å². The van der Waals surface area contributed by atoms with Crippen LogP contribution in [0.15, 0.2) is 23.1 Å². The number of sulfone groups is 1. The minimum atomic E-state index is -4.89. The molecule has 0 bridgehead atoms. The standard InChI is InChI=1S/C15H17F3N2O4S/c1-14(2)13(11(22)7-21)20(8-19-14)9-4-5-12(25(3,23)24)10(6-9)15(16,17)18/h4-7,13,19H,8H2,1-3H3. The van der Waals surface area contributed by atoms with E-state index in [2.05, 4.69) is 5.32 Å². The van der Waals surface area contributed by atoms with E-state index in [0.717, 1.165) is 6.07 Å². The molecule has 2 rings (SSSR count). The lowest BCUT2D eigenvalue weighted by Gasteiger charge is -2.30. The van der Waals surface area contributed by atoms with Crippen LogP contribution in [0.3, 0.4) is 0 Å². The molecule has 1 N–H and O–H groups in total. The molecule has 1 aromatic carbocycles. The number of Topliss-reactive ketones (excluding diaryl/α,β-unsaturated/α-hetero) is 1. The number of nitrogens with one attached hydrogen (secondary N) is 1. The molecular formula is C15H17F3N2O4S. The summed E-state index contributed by atoms with van der Waals surface area (Å²) in [5.74, 6) is -0.782. The van der Waals surface area contributed by atoms with Crippen LogP contribution < -0.4 is 10.2 Å². The van der Waals surface area contributed by atoms with Crippen LogP contribution in [0.4, 0.5) is 18.9 Å². The van der Waals surface area contributed by atoms with Crippen molar-refractivity contribution in [3.05, 3.63) is 23.8 Å². The maximum Gasteiger partial charge on any atom is 0.417 e. The van der Waals surface area contributed by atoms with Gasteiger partial charge in [0.1, 0.15) is 6.04 Å². The summed E-state index contributed by atoms with van der Waals surface area (Å²) >= 11 is 0. The minimum Gasteiger partial charge on any atom is -0.346 e. The van der Waals surface area contributed by atoms with Gasteiger partial charge in [-0.25, -0.2) is 8.42 Å². The third kappa shape index (κ3) is 3.69. The molecule has 1 aliphatic heterocycles. The quantitative estimate of drug-likeness (QED) is 0.630. The van der Waals surface area contributed by atoms with Crippen LogP contribution in [-0.4, -0.2) is 45.0 Å². The second-order valence-electron chi connectivity index (χ2n) is 6.40. The molecule has 0 aromatic heterocycles. The summed E-state index contributed by atoms with van der Waals surface area (Å²) in [6, 6.07) is 1.74. The average Bonchev–Trinajstić information content (AvgIpc) is 2.79. The van der Waals surface area contributed by atoms with E-state index in [1.165, 1.54) is 11.0 Å². The summed E-state index contributed by atoms with van der Waals surface area (Å²) < 4.78 is 63.2. The van der Waals surface area contributed by atoms with Gasteiger partial charge < -0.3 is 4.90 Å². The van der Waals surface area contributed by atoms with E-state index in [1.807, 2.05) is 0 Å². The molecule has 6 nitrogen and oxygen atoms in total. The molecule has 0 amide bonds. The Morgan fingerprint density at radius 3 is 2.44 bits per heavy atom. The molecular weight excluding hydrogens is 361 g/mol. The van der Waals surface area contributed by atoms with Crippen LogP contribution in [0.2, 0.25) is 0 Å². The zero-order chi connectivity index (χ0) is 19.2. The fourth-order valence-corrected chi connectivity index (χ4v) is 3.81. The van der Waals surface area contributed by atoms with Crippen molar-refractivity contribution in [2.24, 2.45) is 0 Å². The van der Waals surface area contributed by atoms with Gasteiger partial charge in [-0.2, -0.15) is 13.2 Å². The highest BCUT2D eigenvalue weighted by atomic mass is 32.2. The zero-order valence-corrected chi connectivity index (χ0v) is 14.5. The highest BCUT2D eigenvalue weighted by molar-refractivity contribution is 7.90. The number of hydrogen-bond donors (Lipinski definition) is 1. The lowest BCUT2D eigenvalue weighted by Crippen LogP contribution is -2.50. The lowest BCUT2D eigenvalue weighted by atomic mass is 9.92. The van der Waals surface area contributed by atoms with Crippen molar-refractivity contribution in [3.63, 3.8) is 0 Å². The van der Waals surface area contributed by atoms with Gasteiger partial charge in [-0.1, -0.05) is 0 Å². The van der Waals surface area contributed by atoms with Gasteiger partial charge in [0.15, 0.2) is 16.1 Å². The molecule has 25 heavy (non-hydrogen) atoms. The second-order valence-corrected chi connectivity index (χ2v) is 8.38. The average molecular weight is 378 g/mol. The van der Waals surface area contributed by atoms with Crippen molar-refractivity contribution >= 4 is 27.6 Å². The molecule has 1 aromatic rings. The van der Waals surface area contributed by atoms with Gasteiger partial charge in [0.25, 0.3) is 0 Å². The SMILES string of the molecule is CC1(C)NCN(c2ccc(S(C)(=O)=O)c(C(F)(F)F)c2)C1C(=O)C=O. The van der Waals surface area contributed by atoms with E-state index in [-0.39, 0.29) is 18.6 Å². The number of nitrogens with zero attached hydrogens (tertiary/aromatic N) is 1. The first-order valence-corrected chi connectivity index (χ1v) is 9.10. The maximum absolute atomic E-state index is 13.3. The largest absolute Gasteiger partial charge is 0.417 e. The summed E-state index contributed by atoms with van der Waals surface area (Å²) in [6.07, 6.45) is -4.07. The van der Waals surface area contributed by atoms with Crippen molar-refractivity contribution in [2.75, 3.05) is 17.8 Å². The number of aldehydes is 1. The normalized spacial score (nSPS) is 20.6. The van der Waals surface area contributed by atoms with Gasteiger partial charge >= 0.3 is 6.18 Å². The van der Waals surface area contributed by atoms with E-state index in [0.29, 0.717) is 12.3 Å². The Labute approximate surface area is 142 Å². The summed E-state index contributed by atoms with van der Waals surface area (Å²) in [7, 11) is -4.09. The first-order valence-electron chi connectivity index (χ1n) is 7.21. The number of halogens is 3. The van der Waals surface area contributed by atoms with Crippen LogP contribution in [0.25, 0.3) is 0 Å². The number of benzene rings is 1. The fourth-order valence-electron chi connectivity index (χ4n) is 2.92. The van der Waals surface area contributed by atoms with E-state index in [9.17, 15) is 31.2 Å². The molecule has 0 aliphatic carbocycles. The topological polar surface area (TPSA) is 83.6 Å². The van der Waals surface area contributed by atoms with Crippen LogP contribution >= 0.6 is 0 Å².